The molecule has 0 fully saturated rings. The molecule has 2 rings (SSSR count). The van der Waals surface area contributed by atoms with Gasteiger partial charge in [-0.1, -0.05) is 24.3 Å². The molecule has 2 nitrogen and oxygen atoms in total. The van der Waals surface area contributed by atoms with Gasteiger partial charge in [0, 0.05) is 0 Å². The Morgan fingerprint density at radius 3 is 2.38 bits per heavy atom. The number of benzene rings is 2. The summed E-state index contributed by atoms with van der Waals surface area (Å²) in [6, 6.07) is 13.6. The van der Waals surface area contributed by atoms with Gasteiger partial charge in [-0.2, -0.15) is 0 Å². The molecule has 82 valence electrons. The van der Waals surface area contributed by atoms with E-state index in [0.717, 1.165) is 0 Å². The topological polar surface area (TPSA) is 18.5 Å². The van der Waals surface area contributed by atoms with Crippen LogP contribution in [-0.4, -0.2) is 7.11 Å². The highest BCUT2D eigenvalue weighted by Crippen LogP contribution is 2.33. The molecule has 0 heterocycles. The second kappa shape index (κ2) is 4.66. The molecule has 0 aliphatic carbocycles. The molecule has 0 atom stereocenters. The highest BCUT2D eigenvalue weighted by Gasteiger charge is 2.10. The van der Waals surface area contributed by atoms with Crippen LogP contribution in [0.2, 0.25) is 0 Å². The molecular formula is C13H11FO2. The molecule has 0 N–H and O–H groups in total. The fourth-order valence-corrected chi connectivity index (χ4v) is 1.36. The van der Waals surface area contributed by atoms with Crippen LogP contribution in [0.3, 0.4) is 0 Å². The molecule has 0 saturated carbocycles. The lowest BCUT2D eigenvalue weighted by molar-refractivity contribution is 0.364. The normalized spacial score (nSPS) is 9.88. The van der Waals surface area contributed by atoms with E-state index in [1.165, 1.54) is 13.2 Å². The average Bonchev–Trinajstić information content (AvgIpc) is 2.33. The SMILES string of the molecule is COc1cccc(F)c1Oc1ccccc1. The number of para-hydroxylation sites is 2. The summed E-state index contributed by atoms with van der Waals surface area (Å²) in [7, 11) is 1.48. The van der Waals surface area contributed by atoms with Crippen LogP contribution in [0.4, 0.5) is 4.39 Å². The smallest absolute Gasteiger partial charge is 0.204 e. The van der Waals surface area contributed by atoms with Gasteiger partial charge >= 0.3 is 0 Å². The minimum Gasteiger partial charge on any atom is -0.493 e. The monoisotopic (exact) mass is 218 g/mol. The molecule has 2 aromatic rings. The zero-order valence-corrected chi connectivity index (χ0v) is 8.81. The number of methoxy groups -OCH3 is 1. The number of halogens is 1. The third-order valence-corrected chi connectivity index (χ3v) is 2.11. The van der Waals surface area contributed by atoms with E-state index in [0.29, 0.717) is 11.5 Å². The molecule has 0 aliphatic heterocycles. The highest BCUT2D eigenvalue weighted by molar-refractivity contribution is 5.43. The van der Waals surface area contributed by atoms with Gasteiger partial charge in [-0.15, -0.1) is 0 Å². The first-order chi connectivity index (χ1) is 7.81. The lowest BCUT2D eigenvalue weighted by Gasteiger charge is -2.10. The molecule has 0 saturated heterocycles. The van der Waals surface area contributed by atoms with Crippen molar-refractivity contribution in [3.63, 3.8) is 0 Å². The predicted octanol–water partition coefficient (Wildman–Crippen LogP) is 3.63. The summed E-state index contributed by atoms with van der Waals surface area (Å²) in [5.41, 5.74) is 0. The van der Waals surface area contributed by atoms with Crippen molar-refractivity contribution in [3.8, 4) is 17.2 Å². The van der Waals surface area contributed by atoms with Crippen molar-refractivity contribution in [1.29, 1.82) is 0 Å². The van der Waals surface area contributed by atoms with Crippen molar-refractivity contribution in [2.24, 2.45) is 0 Å². The Morgan fingerprint density at radius 2 is 1.69 bits per heavy atom. The first-order valence-electron chi connectivity index (χ1n) is 4.86. The number of rotatable bonds is 3. The van der Waals surface area contributed by atoms with Crippen LogP contribution < -0.4 is 9.47 Å². The van der Waals surface area contributed by atoms with Gasteiger partial charge < -0.3 is 9.47 Å². The third kappa shape index (κ3) is 2.14. The van der Waals surface area contributed by atoms with Gasteiger partial charge in [0.2, 0.25) is 5.75 Å². The largest absolute Gasteiger partial charge is 0.493 e. The Balaban J connectivity index is 2.34. The van der Waals surface area contributed by atoms with E-state index in [2.05, 4.69) is 0 Å². The summed E-state index contributed by atoms with van der Waals surface area (Å²) >= 11 is 0. The first-order valence-corrected chi connectivity index (χ1v) is 4.86. The van der Waals surface area contributed by atoms with E-state index in [9.17, 15) is 4.39 Å². The lowest BCUT2D eigenvalue weighted by atomic mass is 10.3. The van der Waals surface area contributed by atoms with Gasteiger partial charge in [0.25, 0.3) is 0 Å². The molecule has 0 aliphatic rings. The average molecular weight is 218 g/mol. The lowest BCUT2D eigenvalue weighted by Crippen LogP contribution is -1.93. The van der Waals surface area contributed by atoms with Gasteiger partial charge in [-0.3, -0.25) is 0 Å². The molecule has 0 radical (unpaired) electrons. The summed E-state index contributed by atoms with van der Waals surface area (Å²) in [6.45, 7) is 0. The second-order valence-corrected chi connectivity index (χ2v) is 3.19. The standard InChI is InChI=1S/C13H11FO2/c1-15-12-9-5-8-11(14)13(12)16-10-6-3-2-4-7-10/h2-9H,1H3. The molecule has 3 heteroatoms. The van der Waals surface area contributed by atoms with Crippen LogP contribution in [0.1, 0.15) is 0 Å². The molecule has 0 aromatic heterocycles. The van der Waals surface area contributed by atoms with E-state index >= 15 is 0 Å². The van der Waals surface area contributed by atoms with Crippen LogP contribution in [0.15, 0.2) is 48.5 Å². The molecular weight excluding hydrogens is 207 g/mol. The molecule has 16 heavy (non-hydrogen) atoms. The van der Waals surface area contributed by atoms with Crippen molar-refractivity contribution in [2.75, 3.05) is 7.11 Å². The van der Waals surface area contributed by atoms with Crippen molar-refractivity contribution in [2.45, 2.75) is 0 Å². The Kier molecular flexibility index (Phi) is 3.05. The van der Waals surface area contributed by atoms with Gasteiger partial charge in [-0.05, 0) is 24.3 Å². The van der Waals surface area contributed by atoms with Crippen LogP contribution in [0.5, 0.6) is 17.2 Å². The summed E-state index contributed by atoms with van der Waals surface area (Å²) < 4.78 is 24.0. The van der Waals surface area contributed by atoms with Gasteiger partial charge in [0.15, 0.2) is 11.6 Å². The summed E-state index contributed by atoms with van der Waals surface area (Å²) in [4.78, 5) is 0. The van der Waals surface area contributed by atoms with Crippen molar-refractivity contribution < 1.29 is 13.9 Å². The van der Waals surface area contributed by atoms with E-state index in [1.807, 2.05) is 18.2 Å². The zero-order chi connectivity index (χ0) is 11.4. The zero-order valence-electron chi connectivity index (χ0n) is 8.81. The quantitative estimate of drug-likeness (QED) is 0.783. The van der Waals surface area contributed by atoms with Crippen molar-refractivity contribution in [3.05, 3.63) is 54.3 Å². The fourth-order valence-electron chi connectivity index (χ4n) is 1.36. The molecule has 2 aromatic carbocycles. The molecule has 0 amide bonds. The van der Waals surface area contributed by atoms with E-state index < -0.39 is 5.82 Å². The minimum atomic E-state index is -0.441. The van der Waals surface area contributed by atoms with Crippen molar-refractivity contribution >= 4 is 0 Å². The molecule has 0 bridgehead atoms. The number of hydrogen-bond acceptors (Lipinski definition) is 2. The van der Waals surface area contributed by atoms with Crippen molar-refractivity contribution in [1.82, 2.24) is 0 Å². The van der Waals surface area contributed by atoms with E-state index in [-0.39, 0.29) is 5.75 Å². The summed E-state index contributed by atoms with van der Waals surface area (Å²) in [6.07, 6.45) is 0. The van der Waals surface area contributed by atoms with E-state index in [4.69, 9.17) is 9.47 Å². The van der Waals surface area contributed by atoms with Gasteiger partial charge in [0.1, 0.15) is 5.75 Å². The molecule has 0 spiro atoms. The Hall–Kier alpha value is -2.03. The maximum Gasteiger partial charge on any atom is 0.204 e. The maximum absolute atomic E-state index is 13.5. The highest BCUT2D eigenvalue weighted by atomic mass is 19.1. The fraction of sp³-hybridized carbons (Fsp3) is 0.0769. The van der Waals surface area contributed by atoms with Crippen LogP contribution in [-0.2, 0) is 0 Å². The van der Waals surface area contributed by atoms with Crippen LogP contribution in [0, 0.1) is 5.82 Å². The predicted molar refractivity (Wildman–Crippen MR) is 59.5 cm³/mol. The summed E-state index contributed by atoms with van der Waals surface area (Å²) in [5.74, 6) is 0.620. The second-order valence-electron chi connectivity index (χ2n) is 3.19. The molecule has 0 unspecified atom stereocenters. The Labute approximate surface area is 93.2 Å². The first kappa shape index (κ1) is 10.5. The Bertz CT molecular complexity index is 469. The minimum absolute atomic E-state index is 0.108. The van der Waals surface area contributed by atoms with Gasteiger partial charge in [0.05, 0.1) is 7.11 Å². The summed E-state index contributed by atoms with van der Waals surface area (Å²) in [5, 5.41) is 0. The maximum atomic E-state index is 13.5. The third-order valence-electron chi connectivity index (χ3n) is 2.11. The Morgan fingerprint density at radius 1 is 0.938 bits per heavy atom. The van der Waals surface area contributed by atoms with Gasteiger partial charge in [-0.25, -0.2) is 4.39 Å². The van der Waals surface area contributed by atoms with Crippen LogP contribution >= 0.6 is 0 Å². The van der Waals surface area contributed by atoms with E-state index in [1.54, 1.807) is 24.3 Å². The number of hydrogen-bond donors (Lipinski definition) is 0. The van der Waals surface area contributed by atoms with Crippen LogP contribution in [0.25, 0.3) is 0 Å². The number of ether oxygens (including phenoxy) is 2.